The monoisotopic (exact) mass is 244 g/mol. The van der Waals surface area contributed by atoms with Gasteiger partial charge in [-0.3, -0.25) is 0 Å². The molecule has 18 heavy (non-hydrogen) atoms. The second-order valence-corrected chi connectivity index (χ2v) is 3.36. The minimum atomic E-state index is 0.621. The maximum absolute atomic E-state index is 5.31. The fourth-order valence-electron chi connectivity index (χ4n) is 1.55. The average molecular weight is 244 g/mol. The van der Waals surface area contributed by atoms with Crippen molar-refractivity contribution in [1.29, 1.82) is 0 Å². The zero-order valence-corrected chi connectivity index (χ0v) is 9.37. The highest BCUT2D eigenvalue weighted by atomic mass is 16.5. The number of tetrazole rings is 2. The molecule has 0 radical (unpaired) electrons. The smallest absolute Gasteiger partial charge is 0.146 e. The molecule has 3 aromatic rings. The number of rotatable bonds is 3. The molecule has 0 bridgehead atoms. The van der Waals surface area contributed by atoms with E-state index in [9.17, 15) is 0 Å². The summed E-state index contributed by atoms with van der Waals surface area (Å²) in [6.07, 6.45) is 3.00. The molecule has 0 fully saturated rings. The Hall–Kier alpha value is -2.84. The summed E-state index contributed by atoms with van der Waals surface area (Å²) in [5.74, 6) is 0.621. The number of hydrogen-bond acceptors (Lipinski definition) is 7. The molecule has 2 heterocycles. The van der Waals surface area contributed by atoms with Gasteiger partial charge in [0.1, 0.15) is 24.1 Å². The summed E-state index contributed by atoms with van der Waals surface area (Å²) in [6, 6.07) is 5.47. The third kappa shape index (κ3) is 1.67. The Bertz CT molecular complexity index is 633. The predicted molar refractivity (Wildman–Crippen MR) is 58.4 cm³/mol. The van der Waals surface area contributed by atoms with Crippen LogP contribution in [0.4, 0.5) is 0 Å². The standard InChI is InChI=1S/C9H8N8O/c1-18-9-4-7(16-5-10-12-14-16)2-3-8(9)17-6-11-13-15-17/h2-6H,1H3. The van der Waals surface area contributed by atoms with Gasteiger partial charge >= 0.3 is 0 Å². The van der Waals surface area contributed by atoms with Gasteiger partial charge in [-0.2, -0.15) is 4.68 Å². The molecule has 0 aliphatic carbocycles. The lowest BCUT2D eigenvalue weighted by atomic mass is 10.2. The maximum Gasteiger partial charge on any atom is 0.146 e. The highest BCUT2D eigenvalue weighted by Gasteiger charge is 2.09. The first-order valence-corrected chi connectivity index (χ1v) is 5.03. The lowest BCUT2D eigenvalue weighted by molar-refractivity contribution is 0.411. The highest BCUT2D eigenvalue weighted by Crippen LogP contribution is 2.24. The van der Waals surface area contributed by atoms with Crippen LogP contribution in [-0.2, 0) is 0 Å². The molecular formula is C9H8N8O. The van der Waals surface area contributed by atoms with Crippen LogP contribution >= 0.6 is 0 Å². The van der Waals surface area contributed by atoms with Gasteiger partial charge in [0, 0.05) is 6.07 Å². The molecule has 0 aliphatic heterocycles. The van der Waals surface area contributed by atoms with E-state index >= 15 is 0 Å². The van der Waals surface area contributed by atoms with Gasteiger partial charge in [0.2, 0.25) is 0 Å². The van der Waals surface area contributed by atoms with E-state index in [4.69, 9.17) is 4.74 Å². The van der Waals surface area contributed by atoms with Gasteiger partial charge in [0.15, 0.2) is 0 Å². The first-order chi connectivity index (χ1) is 8.88. The quantitative estimate of drug-likeness (QED) is 0.621. The van der Waals surface area contributed by atoms with E-state index in [1.165, 1.54) is 22.0 Å². The van der Waals surface area contributed by atoms with Gasteiger partial charge in [-0.25, -0.2) is 4.68 Å². The first kappa shape index (κ1) is 10.3. The zero-order valence-electron chi connectivity index (χ0n) is 9.37. The Kier molecular flexibility index (Phi) is 2.41. The molecule has 0 saturated carbocycles. The molecule has 0 amide bonds. The van der Waals surface area contributed by atoms with E-state index in [1.807, 2.05) is 12.1 Å². The molecule has 9 nitrogen and oxygen atoms in total. The molecule has 0 spiro atoms. The summed E-state index contributed by atoms with van der Waals surface area (Å²) in [6.45, 7) is 0. The van der Waals surface area contributed by atoms with Crippen LogP contribution in [0.1, 0.15) is 0 Å². The molecule has 0 aliphatic rings. The van der Waals surface area contributed by atoms with Crippen molar-refractivity contribution in [3.05, 3.63) is 30.9 Å². The largest absolute Gasteiger partial charge is 0.494 e. The van der Waals surface area contributed by atoms with E-state index < -0.39 is 0 Å². The molecule has 2 aromatic heterocycles. The summed E-state index contributed by atoms with van der Waals surface area (Å²) in [4.78, 5) is 0. The van der Waals surface area contributed by atoms with Crippen molar-refractivity contribution >= 4 is 0 Å². The van der Waals surface area contributed by atoms with Crippen LogP contribution < -0.4 is 4.74 Å². The van der Waals surface area contributed by atoms with Crippen LogP contribution in [0.3, 0.4) is 0 Å². The van der Waals surface area contributed by atoms with Gasteiger partial charge in [-0.15, -0.1) is 10.2 Å². The number of ether oxygens (including phenoxy) is 1. The van der Waals surface area contributed by atoms with E-state index in [-0.39, 0.29) is 0 Å². The molecule has 0 N–H and O–H groups in total. The summed E-state index contributed by atoms with van der Waals surface area (Å²) in [5, 5.41) is 22.0. The van der Waals surface area contributed by atoms with E-state index in [2.05, 4.69) is 31.1 Å². The SMILES string of the molecule is COc1cc(-n2cnnn2)ccc1-n1cnnn1. The predicted octanol–water partition coefficient (Wildman–Crippen LogP) is -0.353. The lowest BCUT2D eigenvalue weighted by Crippen LogP contribution is -2.02. The Morgan fingerprint density at radius 2 is 1.72 bits per heavy atom. The van der Waals surface area contributed by atoms with Gasteiger partial charge in [0.05, 0.1) is 12.8 Å². The van der Waals surface area contributed by atoms with Crippen LogP contribution in [0.2, 0.25) is 0 Å². The van der Waals surface area contributed by atoms with Crippen LogP contribution in [0.15, 0.2) is 30.9 Å². The summed E-state index contributed by atoms with van der Waals surface area (Å²) in [5.41, 5.74) is 1.52. The molecule has 0 unspecified atom stereocenters. The summed E-state index contributed by atoms with van der Waals surface area (Å²) in [7, 11) is 1.58. The van der Waals surface area contributed by atoms with Crippen LogP contribution in [0.5, 0.6) is 5.75 Å². The fraction of sp³-hybridized carbons (Fsp3) is 0.111. The van der Waals surface area contributed by atoms with Gasteiger partial charge in [0.25, 0.3) is 0 Å². The normalized spacial score (nSPS) is 10.5. The highest BCUT2D eigenvalue weighted by molar-refractivity contribution is 5.52. The minimum Gasteiger partial charge on any atom is -0.494 e. The Balaban J connectivity index is 2.08. The van der Waals surface area contributed by atoms with Gasteiger partial charge in [-0.05, 0) is 33.0 Å². The van der Waals surface area contributed by atoms with Crippen molar-refractivity contribution in [3.8, 4) is 17.1 Å². The van der Waals surface area contributed by atoms with Crippen molar-refractivity contribution in [2.45, 2.75) is 0 Å². The van der Waals surface area contributed by atoms with Crippen molar-refractivity contribution in [1.82, 2.24) is 40.4 Å². The fourth-order valence-corrected chi connectivity index (χ4v) is 1.55. The summed E-state index contributed by atoms with van der Waals surface area (Å²) < 4.78 is 8.36. The Morgan fingerprint density at radius 3 is 2.33 bits per heavy atom. The molecule has 90 valence electrons. The van der Waals surface area contributed by atoms with Crippen molar-refractivity contribution in [3.63, 3.8) is 0 Å². The summed E-state index contributed by atoms with van der Waals surface area (Å²) >= 11 is 0. The van der Waals surface area contributed by atoms with Crippen LogP contribution in [0.25, 0.3) is 11.4 Å². The van der Waals surface area contributed by atoms with E-state index in [0.717, 1.165) is 11.4 Å². The molecule has 3 rings (SSSR count). The second-order valence-electron chi connectivity index (χ2n) is 3.36. The van der Waals surface area contributed by atoms with Gasteiger partial charge in [-0.1, -0.05) is 0 Å². The van der Waals surface area contributed by atoms with Crippen LogP contribution in [0, 0.1) is 0 Å². The Morgan fingerprint density at radius 1 is 1.00 bits per heavy atom. The number of benzene rings is 1. The third-order valence-electron chi connectivity index (χ3n) is 2.37. The van der Waals surface area contributed by atoms with Crippen LogP contribution in [-0.4, -0.2) is 47.5 Å². The van der Waals surface area contributed by atoms with Crippen molar-refractivity contribution < 1.29 is 4.74 Å². The average Bonchev–Trinajstić information content (AvgIpc) is 3.11. The molecular weight excluding hydrogens is 236 g/mol. The van der Waals surface area contributed by atoms with E-state index in [1.54, 1.807) is 13.2 Å². The molecule has 1 aromatic carbocycles. The number of nitrogens with zero attached hydrogens (tertiary/aromatic N) is 8. The number of aromatic nitrogens is 8. The number of methoxy groups -OCH3 is 1. The topological polar surface area (TPSA) is 96.4 Å². The first-order valence-electron chi connectivity index (χ1n) is 5.03. The van der Waals surface area contributed by atoms with E-state index in [0.29, 0.717) is 5.75 Å². The van der Waals surface area contributed by atoms with Gasteiger partial charge < -0.3 is 4.74 Å². The van der Waals surface area contributed by atoms with Crippen molar-refractivity contribution in [2.24, 2.45) is 0 Å². The maximum atomic E-state index is 5.31. The van der Waals surface area contributed by atoms with Crippen molar-refractivity contribution in [2.75, 3.05) is 7.11 Å². The molecule has 0 atom stereocenters. The Labute approximate surface area is 101 Å². The number of hydrogen-bond donors (Lipinski definition) is 0. The zero-order chi connectivity index (χ0) is 12.4. The lowest BCUT2D eigenvalue weighted by Gasteiger charge is -2.09. The third-order valence-corrected chi connectivity index (χ3v) is 2.37. The molecule has 0 saturated heterocycles. The molecule has 9 heteroatoms. The minimum absolute atomic E-state index is 0.621. The second kappa shape index (κ2) is 4.20.